The molecule has 16 heavy (non-hydrogen) atoms. The lowest BCUT2D eigenvalue weighted by Crippen LogP contribution is -2.30. The molecule has 7 heteroatoms. The first-order chi connectivity index (χ1) is 7.55. The summed E-state index contributed by atoms with van der Waals surface area (Å²) in [6, 6.07) is 0. The van der Waals surface area contributed by atoms with E-state index in [1.165, 1.54) is 11.3 Å². The van der Waals surface area contributed by atoms with Crippen LogP contribution in [0.4, 0.5) is 0 Å². The van der Waals surface area contributed by atoms with Gasteiger partial charge in [0, 0.05) is 29.9 Å². The Morgan fingerprint density at radius 1 is 1.62 bits per heavy atom. The lowest BCUT2D eigenvalue weighted by Gasteiger charge is -2.10. The third kappa shape index (κ3) is 4.78. The molecule has 0 aliphatic heterocycles. The van der Waals surface area contributed by atoms with Gasteiger partial charge in [0.2, 0.25) is 10.0 Å². The highest BCUT2D eigenvalue weighted by molar-refractivity contribution is 7.89. The van der Waals surface area contributed by atoms with Crippen molar-refractivity contribution in [1.82, 2.24) is 9.71 Å². The molecule has 0 aromatic carbocycles. The Kier molecular flexibility index (Phi) is 5.68. The molecule has 0 radical (unpaired) electrons. The van der Waals surface area contributed by atoms with Gasteiger partial charge in [-0.05, 0) is 6.42 Å². The highest BCUT2D eigenvalue weighted by Gasteiger charge is 2.13. The molecule has 0 saturated carbocycles. The molecule has 0 saturated heterocycles. The zero-order valence-corrected chi connectivity index (χ0v) is 11.4. The fourth-order valence-corrected chi connectivity index (χ4v) is 3.30. The molecule has 0 bridgehead atoms. The third-order valence-electron chi connectivity index (χ3n) is 2.03. The molecule has 1 unspecified atom stereocenters. The van der Waals surface area contributed by atoms with Crippen LogP contribution < -0.4 is 4.72 Å². The molecular weight excluding hydrogens is 268 g/mol. The van der Waals surface area contributed by atoms with Gasteiger partial charge < -0.3 is 0 Å². The van der Waals surface area contributed by atoms with Crippen LogP contribution in [-0.4, -0.2) is 31.6 Å². The van der Waals surface area contributed by atoms with Crippen molar-refractivity contribution < 1.29 is 8.42 Å². The van der Waals surface area contributed by atoms with Crippen LogP contribution in [0.2, 0.25) is 0 Å². The Morgan fingerprint density at radius 2 is 2.38 bits per heavy atom. The summed E-state index contributed by atoms with van der Waals surface area (Å²) in [4.78, 5) is 4.14. The summed E-state index contributed by atoms with van der Waals surface area (Å²) in [6.45, 7) is 2.33. The molecule has 1 aromatic heterocycles. The number of thiazole rings is 1. The molecule has 1 rings (SSSR count). The van der Waals surface area contributed by atoms with Crippen LogP contribution in [0.25, 0.3) is 0 Å². The van der Waals surface area contributed by atoms with Crippen molar-refractivity contribution in [1.29, 1.82) is 0 Å². The molecule has 1 N–H and O–H groups in total. The van der Waals surface area contributed by atoms with E-state index in [1.807, 2.05) is 12.3 Å². The standard InChI is InChI=1S/C9H15ClN2O2S2/c1-8(9-11-4-5-15-9)7-12-16(13,14)6-2-3-10/h4-5,8,12H,2-3,6-7H2,1H3. The van der Waals surface area contributed by atoms with Crippen LogP contribution in [-0.2, 0) is 10.0 Å². The minimum absolute atomic E-state index is 0.0844. The van der Waals surface area contributed by atoms with E-state index in [0.29, 0.717) is 18.8 Å². The van der Waals surface area contributed by atoms with Gasteiger partial charge in [-0.25, -0.2) is 18.1 Å². The van der Waals surface area contributed by atoms with Gasteiger partial charge in [-0.1, -0.05) is 6.92 Å². The SMILES string of the molecule is CC(CNS(=O)(=O)CCCCl)c1nccs1. The van der Waals surface area contributed by atoms with Crippen LogP contribution in [0.15, 0.2) is 11.6 Å². The summed E-state index contributed by atoms with van der Waals surface area (Å²) < 4.78 is 25.5. The van der Waals surface area contributed by atoms with Crippen molar-refractivity contribution in [3.63, 3.8) is 0 Å². The largest absolute Gasteiger partial charge is 0.249 e. The van der Waals surface area contributed by atoms with Crippen LogP contribution in [0.1, 0.15) is 24.3 Å². The molecule has 0 aliphatic carbocycles. The summed E-state index contributed by atoms with van der Waals surface area (Å²) in [5.74, 6) is 0.551. The number of hydrogen-bond acceptors (Lipinski definition) is 4. The monoisotopic (exact) mass is 282 g/mol. The van der Waals surface area contributed by atoms with Crippen LogP contribution in [0.3, 0.4) is 0 Å². The van der Waals surface area contributed by atoms with Crippen molar-refractivity contribution in [3.05, 3.63) is 16.6 Å². The summed E-state index contributed by atoms with van der Waals surface area (Å²) in [5, 5.41) is 2.83. The average molecular weight is 283 g/mol. The predicted molar refractivity (Wildman–Crippen MR) is 67.7 cm³/mol. The normalized spacial score (nSPS) is 13.9. The van der Waals surface area contributed by atoms with Crippen LogP contribution in [0, 0.1) is 0 Å². The van der Waals surface area contributed by atoms with Crippen molar-refractivity contribution in [2.24, 2.45) is 0 Å². The van der Waals surface area contributed by atoms with E-state index in [4.69, 9.17) is 11.6 Å². The van der Waals surface area contributed by atoms with E-state index in [1.54, 1.807) is 6.20 Å². The first-order valence-corrected chi connectivity index (χ1v) is 8.04. The lowest BCUT2D eigenvalue weighted by molar-refractivity contribution is 0.573. The van der Waals surface area contributed by atoms with Crippen LogP contribution >= 0.6 is 22.9 Å². The van der Waals surface area contributed by atoms with Gasteiger partial charge in [0.05, 0.1) is 10.8 Å². The number of rotatable bonds is 7. The molecule has 92 valence electrons. The number of hydrogen-bond donors (Lipinski definition) is 1. The molecule has 0 amide bonds. The first kappa shape index (κ1) is 13.9. The van der Waals surface area contributed by atoms with Gasteiger partial charge >= 0.3 is 0 Å². The van der Waals surface area contributed by atoms with E-state index >= 15 is 0 Å². The van der Waals surface area contributed by atoms with Gasteiger partial charge in [0.25, 0.3) is 0 Å². The van der Waals surface area contributed by atoms with Crippen LogP contribution in [0.5, 0.6) is 0 Å². The number of halogens is 1. The Hall–Kier alpha value is -0.170. The van der Waals surface area contributed by atoms with Gasteiger partial charge in [-0.3, -0.25) is 0 Å². The Balaban J connectivity index is 2.39. The Bertz CT molecular complexity index is 392. The molecule has 4 nitrogen and oxygen atoms in total. The average Bonchev–Trinajstić information content (AvgIpc) is 2.77. The fraction of sp³-hybridized carbons (Fsp3) is 0.667. The molecule has 0 fully saturated rings. The summed E-state index contributed by atoms with van der Waals surface area (Å²) in [5.41, 5.74) is 0. The van der Waals surface area contributed by atoms with Crippen molar-refractivity contribution in [3.8, 4) is 0 Å². The second kappa shape index (κ2) is 6.54. The first-order valence-electron chi connectivity index (χ1n) is 4.98. The summed E-state index contributed by atoms with van der Waals surface area (Å²) >= 11 is 6.98. The minimum atomic E-state index is -3.19. The van der Waals surface area contributed by atoms with E-state index in [0.717, 1.165) is 5.01 Å². The second-order valence-electron chi connectivity index (χ2n) is 3.48. The summed E-state index contributed by atoms with van der Waals surface area (Å²) in [7, 11) is -3.19. The van der Waals surface area contributed by atoms with Gasteiger partial charge in [0.1, 0.15) is 0 Å². The van der Waals surface area contributed by atoms with E-state index < -0.39 is 10.0 Å². The minimum Gasteiger partial charge on any atom is -0.249 e. The molecular formula is C9H15ClN2O2S2. The summed E-state index contributed by atoms with van der Waals surface area (Å²) in [6.07, 6.45) is 2.20. The number of nitrogens with one attached hydrogen (secondary N) is 1. The van der Waals surface area contributed by atoms with Crippen molar-refractivity contribution >= 4 is 33.0 Å². The zero-order valence-electron chi connectivity index (χ0n) is 9.02. The molecule has 1 heterocycles. The van der Waals surface area contributed by atoms with E-state index in [9.17, 15) is 8.42 Å². The molecule has 0 aliphatic rings. The molecule has 1 aromatic rings. The third-order valence-corrected chi connectivity index (χ3v) is 4.74. The number of sulfonamides is 1. The number of aromatic nitrogens is 1. The van der Waals surface area contributed by atoms with Crippen molar-refractivity contribution in [2.45, 2.75) is 19.3 Å². The number of nitrogens with zero attached hydrogens (tertiary/aromatic N) is 1. The topological polar surface area (TPSA) is 59.1 Å². The molecule has 0 spiro atoms. The maximum atomic E-state index is 11.5. The number of alkyl halides is 1. The smallest absolute Gasteiger partial charge is 0.211 e. The fourth-order valence-electron chi connectivity index (χ4n) is 1.13. The Morgan fingerprint density at radius 3 is 2.94 bits per heavy atom. The quantitative estimate of drug-likeness (QED) is 0.776. The maximum Gasteiger partial charge on any atom is 0.211 e. The Labute approximate surface area is 105 Å². The van der Waals surface area contributed by atoms with E-state index in [2.05, 4.69) is 9.71 Å². The van der Waals surface area contributed by atoms with E-state index in [-0.39, 0.29) is 11.7 Å². The molecule has 1 atom stereocenters. The van der Waals surface area contributed by atoms with Gasteiger partial charge in [-0.2, -0.15) is 0 Å². The maximum absolute atomic E-state index is 11.5. The van der Waals surface area contributed by atoms with Crippen molar-refractivity contribution in [2.75, 3.05) is 18.2 Å². The lowest BCUT2D eigenvalue weighted by atomic mass is 10.2. The predicted octanol–water partition coefficient (Wildman–Crippen LogP) is 1.79. The highest BCUT2D eigenvalue weighted by atomic mass is 35.5. The van der Waals surface area contributed by atoms with Gasteiger partial charge in [-0.15, -0.1) is 22.9 Å². The highest BCUT2D eigenvalue weighted by Crippen LogP contribution is 2.16. The zero-order chi connectivity index (χ0) is 12.0. The van der Waals surface area contributed by atoms with Gasteiger partial charge in [0.15, 0.2) is 0 Å². The second-order valence-corrected chi connectivity index (χ2v) is 6.71.